The van der Waals surface area contributed by atoms with Crippen molar-refractivity contribution in [2.75, 3.05) is 38.2 Å². The topological polar surface area (TPSA) is 54.0 Å². The van der Waals surface area contributed by atoms with Gasteiger partial charge >= 0.3 is 7.82 Å². The molecule has 0 aliphatic heterocycles. The predicted molar refractivity (Wildman–Crippen MR) is 78.8 cm³/mol. The Morgan fingerprint density at radius 2 is 1.40 bits per heavy atom. The van der Waals surface area contributed by atoms with Gasteiger partial charge < -0.3 is 4.74 Å². The zero-order valence-corrected chi connectivity index (χ0v) is 13.3. The number of hydrogen-bond acceptors (Lipinski definition) is 5. The van der Waals surface area contributed by atoms with E-state index in [0.717, 1.165) is 0 Å². The number of halogens is 2. The monoisotopic (exact) mass is 342 g/mol. The first kappa shape index (κ1) is 17.8. The van der Waals surface area contributed by atoms with Crippen LogP contribution in [0.4, 0.5) is 0 Å². The minimum atomic E-state index is -3.62. The van der Waals surface area contributed by atoms with Gasteiger partial charge in [0.05, 0.1) is 19.8 Å². The molecule has 0 atom stereocenters. The molecule has 0 radical (unpaired) electrons. The van der Waals surface area contributed by atoms with Gasteiger partial charge in [0.15, 0.2) is 0 Å². The smallest absolute Gasteiger partial charge is 0.474 e. The number of phosphoric ester groups is 1. The van der Waals surface area contributed by atoms with E-state index in [-0.39, 0.29) is 38.2 Å². The second kappa shape index (κ2) is 10.4. The van der Waals surface area contributed by atoms with Crippen LogP contribution in [0.2, 0.25) is 0 Å². The molecule has 0 amide bonds. The molecular weight excluding hydrogens is 326 g/mol. The maximum absolute atomic E-state index is 12.1. The number of hydrogen-bond donors (Lipinski definition) is 0. The molecule has 5 nitrogen and oxygen atoms in total. The first-order chi connectivity index (χ1) is 9.70. The summed E-state index contributed by atoms with van der Waals surface area (Å²) in [5, 5.41) is 0. The highest BCUT2D eigenvalue weighted by molar-refractivity contribution is 7.48. The molecular formula is C12H17Cl2O5P. The molecule has 0 saturated heterocycles. The van der Waals surface area contributed by atoms with Crippen LogP contribution in [0.25, 0.3) is 0 Å². The minimum Gasteiger partial charge on any atom is -0.491 e. The molecule has 0 aliphatic rings. The average molecular weight is 343 g/mol. The van der Waals surface area contributed by atoms with Crippen molar-refractivity contribution in [1.29, 1.82) is 0 Å². The van der Waals surface area contributed by atoms with Gasteiger partial charge in [-0.25, -0.2) is 4.57 Å². The van der Waals surface area contributed by atoms with E-state index in [1.807, 2.05) is 30.3 Å². The SMILES string of the molecule is O=P(OCCCl)(OCCCl)OCCOc1ccccc1. The van der Waals surface area contributed by atoms with Crippen molar-refractivity contribution in [3.63, 3.8) is 0 Å². The summed E-state index contributed by atoms with van der Waals surface area (Å²) in [4.78, 5) is 0. The van der Waals surface area contributed by atoms with Gasteiger partial charge in [0, 0.05) is 11.8 Å². The molecule has 0 fully saturated rings. The normalized spacial score (nSPS) is 11.5. The van der Waals surface area contributed by atoms with Crippen molar-refractivity contribution in [2.24, 2.45) is 0 Å². The van der Waals surface area contributed by atoms with Crippen molar-refractivity contribution in [3.05, 3.63) is 30.3 Å². The number of rotatable bonds is 11. The number of benzene rings is 1. The van der Waals surface area contributed by atoms with Crippen LogP contribution in [0, 0.1) is 0 Å². The average Bonchev–Trinajstić information content (AvgIpc) is 2.49. The van der Waals surface area contributed by atoms with E-state index in [0.29, 0.717) is 5.75 Å². The van der Waals surface area contributed by atoms with Gasteiger partial charge in [-0.05, 0) is 12.1 Å². The fraction of sp³-hybridized carbons (Fsp3) is 0.500. The summed E-state index contributed by atoms with van der Waals surface area (Å²) < 4.78 is 32.6. The summed E-state index contributed by atoms with van der Waals surface area (Å²) in [6.07, 6.45) is 0. The van der Waals surface area contributed by atoms with Crippen LogP contribution in [0.15, 0.2) is 30.3 Å². The molecule has 1 rings (SSSR count). The Labute approximate surface area is 128 Å². The van der Waals surface area contributed by atoms with Crippen LogP contribution in [0.5, 0.6) is 5.75 Å². The van der Waals surface area contributed by atoms with Gasteiger partial charge in [-0.15, -0.1) is 23.2 Å². The quantitative estimate of drug-likeness (QED) is 0.348. The van der Waals surface area contributed by atoms with Crippen LogP contribution in [0.1, 0.15) is 0 Å². The second-order valence-electron chi connectivity index (χ2n) is 3.49. The molecule has 20 heavy (non-hydrogen) atoms. The Bertz CT molecular complexity index is 392. The van der Waals surface area contributed by atoms with Crippen molar-refractivity contribution in [3.8, 4) is 5.75 Å². The molecule has 1 aromatic rings. The van der Waals surface area contributed by atoms with E-state index in [9.17, 15) is 4.57 Å². The van der Waals surface area contributed by atoms with Gasteiger partial charge in [-0.1, -0.05) is 18.2 Å². The van der Waals surface area contributed by atoms with Crippen molar-refractivity contribution in [1.82, 2.24) is 0 Å². The van der Waals surface area contributed by atoms with Crippen LogP contribution < -0.4 is 4.74 Å². The van der Waals surface area contributed by atoms with Crippen LogP contribution in [0.3, 0.4) is 0 Å². The summed E-state index contributed by atoms with van der Waals surface area (Å²) in [6.45, 7) is 0.431. The Kier molecular flexibility index (Phi) is 9.27. The highest BCUT2D eigenvalue weighted by atomic mass is 35.5. The lowest BCUT2D eigenvalue weighted by Gasteiger charge is -2.17. The molecule has 0 unspecified atom stereocenters. The zero-order chi connectivity index (χ0) is 14.7. The standard InChI is InChI=1S/C12H17Cl2O5P/c13-6-8-17-20(15,18-9-7-14)19-11-10-16-12-4-2-1-3-5-12/h1-5H,6-11H2. The Morgan fingerprint density at radius 3 is 1.95 bits per heavy atom. The van der Waals surface area contributed by atoms with Crippen molar-refractivity contribution >= 4 is 31.0 Å². The molecule has 0 N–H and O–H groups in total. The van der Waals surface area contributed by atoms with Gasteiger partial charge in [0.1, 0.15) is 12.4 Å². The Morgan fingerprint density at radius 1 is 0.850 bits per heavy atom. The third-order valence-corrected chi connectivity index (χ3v) is 3.80. The maximum atomic E-state index is 12.1. The Balaban J connectivity index is 2.32. The Hall–Kier alpha value is -0.290. The van der Waals surface area contributed by atoms with Gasteiger partial charge in [-0.2, -0.15) is 0 Å². The largest absolute Gasteiger partial charge is 0.491 e. The summed E-state index contributed by atoms with van der Waals surface area (Å²) in [5.74, 6) is 1.09. The van der Waals surface area contributed by atoms with Gasteiger partial charge in [0.25, 0.3) is 0 Å². The highest BCUT2D eigenvalue weighted by Crippen LogP contribution is 2.49. The fourth-order valence-electron chi connectivity index (χ4n) is 1.23. The first-order valence-corrected chi connectivity index (χ1v) is 8.56. The van der Waals surface area contributed by atoms with E-state index >= 15 is 0 Å². The highest BCUT2D eigenvalue weighted by Gasteiger charge is 2.26. The van der Waals surface area contributed by atoms with E-state index in [2.05, 4.69) is 0 Å². The zero-order valence-electron chi connectivity index (χ0n) is 10.9. The number of phosphoric acid groups is 1. The molecule has 0 saturated carbocycles. The summed E-state index contributed by atoms with van der Waals surface area (Å²) in [6, 6.07) is 9.22. The minimum absolute atomic E-state index is 0.0662. The lowest BCUT2D eigenvalue weighted by molar-refractivity contribution is 0.108. The van der Waals surface area contributed by atoms with Crippen LogP contribution in [-0.2, 0) is 18.1 Å². The second-order valence-corrected chi connectivity index (χ2v) is 5.91. The number of ether oxygens (including phenoxy) is 1. The molecule has 0 spiro atoms. The number of para-hydroxylation sites is 1. The summed E-state index contributed by atoms with van der Waals surface area (Å²) in [7, 11) is -3.62. The number of alkyl halides is 2. The third-order valence-electron chi connectivity index (χ3n) is 2.00. The lowest BCUT2D eigenvalue weighted by atomic mass is 10.3. The molecule has 0 aliphatic carbocycles. The summed E-state index contributed by atoms with van der Waals surface area (Å²) in [5.41, 5.74) is 0. The molecule has 1 aromatic carbocycles. The molecule has 0 bridgehead atoms. The van der Waals surface area contributed by atoms with E-state index in [1.165, 1.54) is 0 Å². The van der Waals surface area contributed by atoms with Gasteiger partial charge in [-0.3, -0.25) is 13.6 Å². The van der Waals surface area contributed by atoms with Crippen molar-refractivity contribution < 1.29 is 22.9 Å². The van der Waals surface area contributed by atoms with E-state index in [1.54, 1.807) is 0 Å². The van der Waals surface area contributed by atoms with E-state index < -0.39 is 7.82 Å². The maximum Gasteiger partial charge on any atom is 0.474 e. The molecule has 8 heteroatoms. The van der Waals surface area contributed by atoms with Crippen molar-refractivity contribution in [2.45, 2.75) is 0 Å². The van der Waals surface area contributed by atoms with Crippen LogP contribution >= 0.6 is 31.0 Å². The third kappa shape index (κ3) is 7.48. The fourth-order valence-corrected chi connectivity index (χ4v) is 2.75. The van der Waals surface area contributed by atoms with Gasteiger partial charge in [0.2, 0.25) is 0 Å². The molecule has 0 aromatic heterocycles. The molecule has 114 valence electrons. The first-order valence-electron chi connectivity index (χ1n) is 6.03. The van der Waals surface area contributed by atoms with Crippen LogP contribution in [-0.4, -0.2) is 38.2 Å². The lowest BCUT2D eigenvalue weighted by Crippen LogP contribution is -2.09. The predicted octanol–water partition coefficient (Wildman–Crippen LogP) is 3.70. The molecule has 0 heterocycles. The summed E-state index contributed by atoms with van der Waals surface area (Å²) >= 11 is 11.0. The van der Waals surface area contributed by atoms with E-state index in [4.69, 9.17) is 41.5 Å².